The van der Waals surface area contributed by atoms with Gasteiger partial charge in [-0.2, -0.15) is 0 Å². The van der Waals surface area contributed by atoms with E-state index in [2.05, 4.69) is 4.98 Å². The van der Waals surface area contributed by atoms with Crippen LogP contribution >= 0.6 is 0 Å². The van der Waals surface area contributed by atoms with E-state index in [1.165, 1.54) is 0 Å². The monoisotopic (exact) mass is 356 g/mol. The molecule has 1 saturated carbocycles. The third-order valence-corrected chi connectivity index (χ3v) is 5.41. The van der Waals surface area contributed by atoms with E-state index in [1.807, 2.05) is 36.1 Å². The smallest absolute Gasteiger partial charge is 0.289 e. The summed E-state index contributed by atoms with van der Waals surface area (Å²) in [5.41, 5.74) is -0.329. The molecule has 0 N–H and O–H groups in total. The van der Waals surface area contributed by atoms with Crippen LogP contribution in [-0.4, -0.2) is 47.7 Å². The molecule has 138 valence electrons. The molecular weight excluding hydrogens is 332 g/mol. The Bertz CT molecular complexity index is 760. The van der Waals surface area contributed by atoms with Gasteiger partial charge in [-0.05, 0) is 44.4 Å². The Morgan fingerprint density at radius 1 is 1.38 bits per heavy atom. The first-order valence-electron chi connectivity index (χ1n) is 9.20. The number of ether oxygens (including phenoxy) is 2. The minimum Gasteiger partial charge on any atom is -0.477 e. The van der Waals surface area contributed by atoms with Crippen LogP contribution in [-0.2, 0) is 4.74 Å². The number of aryl methyl sites for hydroxylation is 1. The molecule has 2 aromatic rings. The zero-order chi connectivity index (χ0) is 18.0. The third-order valence-electron chi connectivity index (χ3n) is 5.41. The fourth-order valence-electron chi connectivity index (χ4n) is 4.05. The molecule has 1 saturated heterocycles. The van der Waals surface area contributed by atoms with Gasteiger partial charge >= 0.3 is 0 Å². The molecule has 6 heteroatoms. The Labute approximate surface area is 153 Å². The van der Waals surface area contributed by atoms with Gasteiger partial charge in [0.15, 0.2) is 5.76 Å². The maximum absolute atomic E-state index is 12.8. The van der Waals surface area contributed by atoms with E-state index in [1.54, 1.807) is 12.3 Å². The van der Waals surface area contributed by atoms with Gasteiger partial charge in [0.2, 0.25) is 5.88 Å². The Balaban J connectivity index is 1.45. The van der Waals surface area contributed by atoms with Crippen molar-refractivity contribution in [3.63, 3.8) is 0 Å². The summed E-state index contributed by atoms with van der Waals surface area (Å²) >= 11 is 0. The van der Waals surface area contributed by atoms with Gasteiger partial charge < -0.3 is 18.8 Å². The molecule has 0 aromatic carbocycles. The number of morpholine rings is 1. The van der Waals surface area contributed by atoms with Crippen LogP contribution in [0.25, 0.3) is 0 Å². The van der Waals surface area contributed by atoms with Gasteiger partial charge in [-0.3, -0.25) is 4.79 Å². The summed E-state index contributed by atoms with van der Waals surface area (Å²) in [7, 11) is 0. The van der Waals surface area contributed by atoms with E-state index < -0.39 is 0 Å². The van der Waals surface area contributed by atoms with Crippen LogP contribution in [0.15, 0.2) is 40.9 Å². The second-order valence-corrected chi connectivity index (χ2v) is 7.12. The zero-order valence-electron chi connectivity index (χ0n) is 15.0. The molecule has 6 nitrogen and oxygen atoms in total. The highest BCUT2D eigenvalue weighted by Crippen LogP contribution is 2.41. The molecule has 2 fully saturated rings. The van der Waals surface area contributed by atoms with Crippen molar-refractivity contribution in [3.05, 3.63) is 48.0 Å². The van der Waals surface area contributed by atoms with Crippen molar-refractivity contribution >= 4 is 5.91 Å². The lowest BCUT2D eigenvalue weighted by atomic mass is 9.89. The van der Waals surface area contributed by atoms with Crippen molar-refractivity contribution < 1.29 is 18.7 Å². The topological polar surface area (TPSA) is 64.8 Å². The van der Waals surface area contributed by atoms with Crippen LogP contribution in [0.1, 0.15) is 35.6 Å². The van der Waals surface area contributed by atoms with Crippen LogP contribution in [0.4, 0.5) is 0 Å². The zero-order valence-corrected chi connectivity index (χ0v) is 15.0. The average molecular weight is 356 g/mol. The second kappa shape index (κ2) is 7.11. The summed E-state index contributed by atoms with van der Waals surface area (Å²) < 4.78 is 17.6. The number of aromatic nitrogens is 1. The number of carbonyl (C=O) groups excluding carboxylic acids is 1. The third kappa shape index (κ3) is 3.33. The molecule has 1 amide bonds. The summed E-state index contributed by atoms with van der Waals surface area (Å²) in [6.45, 7) is 4.12. The summed E-state index contributed by atoms with van der Waals surface area (Å²) in [5.74, 6) is 1.97. The van der Waals surface area contributed by atoms with Gasteiger partial charge in [0.05, 0.1) is 25.4 Å². The molecule has 3 heterocycles. The average Bonchev–Trinajstić information content (AvgIpc) is 3.27. The van der Waals surface area contributed by atoms with Gasteiger partial charge in [0, 0.05) is 24.7 Å². The molecule has 1 aliphatic carbocycles. The molecule has 1 aliphatic heterocycles. The largest absolute Gasteiger partial charge is 0.477 e. The molecule has 2 aromatic heterocycles. The number of furan rings is 1. The van der Waals surface area contributed by atoms with Crippen molar-refractivity contribution in [1.29, 1.82) is 0 Å². The fourth-order valence-corrected chi connectivity index (χ4v) is 4.05. The highest BCUT2D eigenvalue weighted by atomic mass is 16.5. The molecular formula is C20H24N2O4. The fraction of sp³-hybridized carbons (Fsp3) is 0.500. The molecule has 1 spiro atoms. The predicted molar refractivity (Wildman–Crippen MR) is 95.1 cm³/mol. The van der Waals surface area contributed by atoms with Crippen molar-refractivity contribution in [3.8, 4) is 5.88 Å². The molecule has 0 radical (unpaired) electrons. The molecule has 26 heavy (non-hydrogen) atoms. The van der Waals surface area contributed by atoms with E-state index in [0.717, 1.165) is 25.0 Å². The number of carbonyl (C=O) groups is 1. The molecule has 2 aliphatic rings. The van der Waals surface area contributed by atoms with E-state index >= 15 is 0 Å². The molecule has 2 atom stereocenters. The van der Waals surface area contributed by atoms with Crippen LogP contribution < -0.4 is 4.74 Å². The summed E-state index contributed by atoms with van der Waals surface area (Å²) in [5, 5.41) is 0. The predicted octanol–water partition coefficient (Wildman–Crippen LogP) is 3.07. The summed E-state index contributed by atoms with van der Waals surface area (Å²) in [6, 6.07) is 9.21. The highest BCUT2D eigenvalue weighted by molar-refractivity contribution is 5.91. The van der Waals surface area contributed by atoms with Crippen molar-refractivity contribution in [2.45, 2.75) is 31.8 Å². The lowest BCUT2D eigenvalue weighted by Crippen LogP contribution is -2.56. The Morgan fingerprint density at radius 2 is 2.31 bits per heavy atom. The quantitative estimate of drug-likeness (QED) is 0.842. The van der Waals surface area contributed by atoms with Crippen molar-refractivity contribution in [2.24, 2.45) is 5.92 Å². The standard InChI is InChI=1S/C20H24N2O4/c1-15-7-8-17(26-15)19(23)22-11-12-25-20(14-22)9-4-5-16(20)13-24-18-6-2-3-10-21-18/h2-3,6-8,10,16H,4-5,9,11-14H2,1H3/t16-,20+/m0/s1. The van der Waals surface area contributed by atoms with Crippen molar-refractivity contribution in [1.82, 2.24) is 9.88 Å². The second-order valence-electron chi connectivity index (χ2n) is 7.12. The lowest BCUT2D eigenvalue weighted by Gasteiger charge is -2.43. The molecule has 4 rings (SSSR count). The number of hydrogen-bond donors (Lipinski definition) is 0. The lowest BCUT2D eigenvalue weighted by molar-refractivity contribution is -0.127. The Hall–Kier alpha value is -2.34. The van der Waals surface area contributed by atoms with Crippen LogP contribution in [0.5, 0.6) is 5.88 Å². The first-order chi connectivity index (χ1) is 12.7. The first-order valence-corrected chi connectivity index (χ1v) is 9.20. The molecule has 0 bridgehead atoms. The van der Waals surface area contributed by atoms with Gasteiger partial charge in [-0.1, -0.05) is 6.07 Å². The van der Waals surface area contributed by atoms with Gasteiger partial charge in [-0.25, -0.2) is 4.98 Å². The number of rotatable bonds is 4. The van der Waals surface area contributed by atoms with Gasteiger partial charge in [0.1, 0.15) is 5.76 Å². The number of nitrogens with zero attached hydrogens (tertiary/aromatic N) is 2. The van der Waals surface area contributed by atoms with Gasteiger partial charge in [0.25, 0.3) is 5.91 Å². The first kappa shape index (κ1) is 17.1. The van der Waals surface area contributed by atoms with E-state index in [4.69, 9.17) is 13.9 Å². The van der Waals surface area contributed by atoms with E-state index in [9.17, 15) is 4.79 Å². The van der Waals surface area contributed by atoms with E-state index in [-0.39, 0.29) is 17.4 Å². The van der Waals surface area contributed by atoms with Crippen LogP contribution in [0.3, 0.4) is 0 Å². The van der Waals surface area contributed by atoms with Crippen LogP contribution in [0.2, 0.25) is 0 Å². The molecule has 0 unspecified atom stereocenters. The number of pyridine rings is 1. The van der Waals surface area contributed by atoms with E-state index in [0.29, 0.717) is 37.9 Å². The minimum absolute atomic E-state index is 0.0583. The maximum atomic E-state index is 12.8. The Kier molecular flexibility index (Phi) is 4.68. The Morgan fingerprint density at radius 3 is 3.08 bits per heavy atom. The number of amides is 1. The van der Waals surface area contributed by atoms with Crippen molar-refractivity contribution in [2.75, 3.05) is 26.3 Å². The van der Waals surface area contributed by atoms with Gasteiger partial charge in [-0.15, -0.1) is 0 Å². The SMILES string of the molecule is Cc1ccc(C(=O)N2CCO[C@]3(CCC[C@H]3COc3ccccn3)C2)o1. The normalized spacial score (nSPS) is 25.6. The summed E-state index contributed by atoms with van der Waals surface area (Å²) in [4.78, 5) is 18.9. The summed E-state index contributed by atoms with van der Waals surface area (Å²) in [6.07, 6.45) is 4.79. The maximum Gasteiger partial charge on any atom is 0.289 e. The van der Waals surface area contributed by atoms with Crippen LogP contribution in [0, 0.1) is 12.8 Å². The minimum atomic E-state index is -0.329. The number of hydrogen-bond acceptors (Lipinski definition) is 5. The highest BCUT2D eigenvalue weighted by Gasteiger charge is 2.48.